The van der Waals surface area contributed by atoms with Crippen molar-refractivity contribution < 1.29 is 13.6 Å². The first kappa shape index (κ1) is 17.2. The largest absolute Gasteiger partial charge is 0.313 e. The summed E-state index contributed by atoms with van der Waals surface area (Å²) < 4.78 is 29.2. The molecule has 1 aromatic carbocycles. The smallest absolute Gasteiger partial charge is 0.164 e. The summed E-state index contributed by atoms with van der Waals surface area (Å²) >= 11 is 0. The van der Waals surface area contributed by atoms with Crippen molar-refractivity contribution in [1.82, 2.24) is 14.8 Å². The molecular weight excluding hydrogens is 326 g/mol. The van der Waals surface area contributed by atoms with E-state index in [2.05, 4.69) is 10.2 Å². The molecule has 0 saturated carbocycles. The Balaban J connectivity index is 1.77. The molecule has 0 N–H and O–H groups in total. The number of ketones is 1. The lowest BCUT2D eigenvalue weighted by molar-refractivity contribution is -0.119. The van der Waals surface area contributed by atoms with Crippen molar-refractivity contribution in [2.24, 2.45) is 0 Å². The van der Waals surface area contributed by atoms with E-state index >= 15 is 0 Å². The highest BCUT2D eigenvalue weighted by Gasteiger charge is 2.28. The van der Waals surface area contributed by atoms with Crippen LogP contribution in [0.3, 0.4) is 0 Å². The number of hydrogen-bond donors (Lipinski definition) is 0. The van der Waals surface area contributed by atoms with Gasteiger partial charge in [0.1, 0.15) is 17.5 Å². The van der Waals surface area contributed by atoms with Gasteiger partial charge in [0.05, 0.1) is 6.07 Å². The van der Waals surface area contributed by atoms with E-state index in [1.54, 1.807) is 0 Å². The van der Waals surface area contributed by atoms with Crippen LogP contribution in [0.1, 0.15) is 48.8 Å². The fourth-order valence-corrected chi connectivity index (χ4v) is 3.16. The van der Waals surface area contributed by atoms with E-state index in [0.717, 1.165) is 43.6 Å². The lowest BCUT2D eigenvalue weighted by Gasteiger charge is -2.11. The molecule has 0 saturated heterocycles. The highest BCUT2D eigenvalue weighted by Crippen LogP contribution is 2.23. The maximum absolute atomic E-state index is 13.7. The zero-order chi connectivity index (χ0) is 17.8. The molecule has 25 heavy (non-hydrogen) atoms. The van der Waals surface area contributed by atoms with Crippen LogP contribution in [0.15, 0.2) is 18.2 Å². The van der Waals surface area contributed by atoms with Crippen molar-refractivity contribution in [3.63, 3.8) is 0 Å². The molecule has 1 aliphatic heterocycles. The van der Waals surface area contributed by atoms with E-state index < -0.39 is 23.3 Å². The lowest BCUT2D eigenvalue weighted by Crippen LogP contribution is -2.18. The highest BCUT2D eigenvalue weighted by molar-refractivity contribution is 5.87. The molecule has 0 radical (unpaired) electrons. The molecular formula is C18H18F2N4O. The quantitative estimate of drug-likeness (QED) is 0.835. The van der Waals surface area contributed by atoms with Crippen LogP contribution in [0.25, 0.3) is 0 Å². The third-order valence-electron chi connectivity index (χ3n) is 4.53. The molecule has 130 valence electrons. The second kappa shape index (κ2) is 7.51. The lowest BCUT2D eigenvalue weighted by atomic mass is 9.97. The van der Waals surface area contributed by atoms with E-state index in [1.165, 1.54) is 6.07 Å². The van der Waals surface area contributed by atoms with Crippen LogP contribution < -0.4 is 0 Å². The molecule has 2 heterocycles. The van der Waals surface area contributed by atoms with Crippen LogP contribution in [0.5, 0.6) is 0 Å². The summed E-state index contributed by atoms with van der Waals surface area (Å²) in [4.78, 5) is 12.5. The number of aryl methyl sites for hydroxylation is 1. The van der Waals surface area contributed by atoms with Crippen LogP contribution in [0.2, 0.25) is 0 Å². The first-order valence-corrected chi connectivity index (χ1v) is 8.39. The molecule has 0 unspecified atom stereocenters. The third kappa shape index (κ3) is 3.58. The number of carbonyl (C=O) groups excluding carboxylic acids is 1. The predicted octanol–water partition coefficient (Wildman–Crippen LogP) is 3.09. The summed E-state index contributed by atoms with van der Waals surface area (Å²) in [5, 5.41) is 17.6. The number of nitriles is 1. The Kier molecular flexibility index (Phi) is 5.17. The van der Waals surface area contributed by atoms with Crippen molar-refractivity contribution in [1.29, 1.82) is 5.26 Å². The summed E-state index contributed by atoms with van der Waals surface area (Å²) in [6.07, 6.45) is 3.59. The number of Topliss-reactive ketones (excluding diaryl/α,β-unsaturated/α-hetero) is 1. The van der Waals surface area contributed by atoms with Gasteiger partial charge >= 0.3 is 0 Å². The summed E-state index contributed by atoms with van der Waals surface area (Å²) in [6.45, 7) is 0.686. The minimum Gasteiger partial charge on any atom is -0.313 e. The van der Waals surface area contributed by atoms with E-state index in [0.29, 0.717) is 12.4 Å². The normalized spacial score (nSPS) is 15.1. The van der Waals surface area contributed by atoms with Crippen molar-refractivity contribution in [3.05, 3.63) is 47.0 Å². The Labute approximate surface area is 144 Å². The molecule has 1 atom stereocenters. The standard InChI is InChI=1S/C18H18F2N4O/c19-14-5-4-6-15(20)12(14)8-9-16(25)13(11-21)18-23-22-17-7-2-1-3-10-24(17)18/h4-6,13H,1-3,7-10H2/t13-/m1/s1. The Morgan fingerprint density at radius 3 is 2.72 bits per heavy atom. The minimum atomic E-state index is -1.06. The summed E-state index contributed by atoms with van der Waals surface area (Å²) in [5.74, 6) is -1.69. The van der Waals surface area contributed by atoms with Crippen molar-refractivity contribution in [3.8, 4) is 6.07 Å². The second-order valence-electron chi connectivity index (χ2n) is 6.17. The van der Waals surface area contributed by atoms with E-state index in [4.69, 9.17) is 0 Å². The summed E-state index contributed by atoms with van der Waals surface area (Å²) in [7, 11) is 0. The summed E-state index contributed by atoms with van der Waals surface area (Å²) in [5.41, 5.74) is -0.132. The Morgan fingerprint density at radius 1 is 1.24 bits per heavy atom. The van der Waals surface area contributed by atoms with E-state index in [9.17, 15) is 18.8 Å². The topological polar surface area (TPSA) is 71.6 Å². The van der Waals surface area contributed by atoms with Gasteiger partial charge in [0, 0.05) is 24.9 Å². The van der Waals surface area contributed by atoms with Gasteiger partial charge in [0.2, 0.25) is 0 Å². The van der Waals surface area contributed by atoms with Crippen molar-refractivity contribution in [2.45, 2.75) is 51.0 Å². The van der Waals surface area contributed by atoms with Gasteiger partial charge in [-0.25, -0.2) is 8.78 Å². The molecule has 5 nitrogen and oxygen atoms in total. The second-order valence-corrected chi connectivity index (χ2v) is 6.17. The average Bonchev–Trinajstić information content (AvgIpc) is 2.83. The highest BCUT2D eigenvalue weighted by atomic mass is 19.1. The van der Waals surface area contributed by atoms with Crippen molar-refractivity contribution >= 4 is 5.78 Å². The molecule has 7 heteroatoms. The Morgan fingerprint density at radius 2 is 2.00 bits per heavy atom. The average molecular weight is 344 g/mol. The SMILES string of the molecule is N#C[C@H](C(=O)CCc1c(F)cccc1F)c1nnc2n1CCCCC2. The molecule has 0 aliphatic carbocycles. The van der Waals surface area contributed by atoms with Crippen LogP contribution >= 0.6 is 0 Å². The monoisotopic (exact) mass is 344 g/mol. The van der Waals surface area contributed by atoms with Gasteiger partial charge in [-0.15, -0.1) is 10.2 Å². The number of rotatable bonds is 5. The predicted molar refractivity (Wildman–Crippen MR) is 85.6 cm³/mol. The van der Waals surface area contributed by atoms with Gasteiger partial charge in [-0.2, -0.15) is 5.26 Å². The molecule has 1 aromatic heterocycles. The molecule has 0 amide bonds. The molecule has 0 spiro atoms. The van der Waals surface area contributed by atoms with Gasteiger partial charge in [-0.3, -0.25) is 4.79 Å². The fourth-order valence-electron chi connectivity index (χ4n) is 3.16. The van der Waals surface area contributed by atoms with Gasteiger partial charge < -0.3 is 4.57 Å². The number of carbonyl (C=O) groups is 1. The molecule has 0 fully saturated rings. The first-order chi connectivity index (χ1) is 12.1. The van der Waals surface area contributed by atoms with Gasteiger partial charge in [-0.05, 0) is 31.4 Å². The maximum atomic E-state index is 13.7. The Bertz CT molecular complexity index is 805. The first-order valence-electron chi connectivity index (χ1n) is 8.39. The fraction of sp³-hybridized carbons (Fsp3) is 0.444. The maximum Gasteiger partial charge on any atom is 0.164 e. The van der Waals surface area contributed by atoms with Crippen molar-refractivity contribution in [2.75, 3.05) is 0 Å². The third-order valence-corrected chi connectivity index (χ3v) is 4.53. The minimum absolute atomic E-state index is 0.0868. The molecule has 0 bridgehead atoms. The van der Waals surface area contributed by atoms with Crippen LogP contribution in [-0.2, 0) is 24.2 Å². The molecule has 1 aliphatic rings. The van der Waals surface area contributed by atoms with Crippen LogP contribution in [0, 0.1) is 23.0 Å². The van der Waals surface area contributed by atoms with Gasteiger partial charge in [-0.1, -0.05) is 12.5 Å². The van der Waals surface area contributed by atoms with Gasteiger partial charge in [0.15, 0.2) is 17.5 Å². The number of nitrogens with zero attached hydrogens (tertiary/aromatic N) is 4. The number of benzene rings is 1. The number of hydrogen-bond acceptors (Lipinski definition) is 4. The number of halogens is 2. The van der Waals surface area contributed by atoms with E-state index in [1.807, 2.05) is 10.6 Å². The van der Waals surface area contributed by atoms with Gasteiger partial charge in [0.25, 0.3) is 0 Å². The summed E-state index contributed by atoms with van der Waals surface area (Å²) in [6, 6.07) is 5.57. The van der Waals surface area contributed by atoms with Crippen LogP contribution in [0.4, 0.5) is 8.78 Å². The number of aromatic nitrogens is 3. The number of fused-ring (bicyclic) bond motifs is 1. The zero-order valence-corrected chi connectivity index (χ0v) is 13.7. The van der Waals surface area contributed by atoms with E-state index in [-0.39, 0.29) is 18.4 Å². The zero-order valence-electron chi connectivity index (χ0n) is 13.7. The molecule has 2 aromatic rings. The molecule has 3 rings (SSSR count). The Hall–Kier alpha value is -2.62. The van der Waals surface area contributed by atoms with Crippen LogP contribution in [-0.4, -0.2) is 20.5 Å².